The number of carbonyl (C=O) groups is 1. The second-order valence-electron chi connectivity index (χ2n) is 9.02. The van der Waals surface area contributed by atoms with Crippen molar-refractivity contribution >= 4 is 33.0 Å². The second kappa shape index (κ2) is 9.98. The minimum absolute atomic E-state index is 0.0181. The molecule has 0 unspecified atom stereocenters. The van der Waals surface area contributed by atoms with Crippen LogP contribution in [0.2, 0.25) is 0 Å². The van der Waals surface area contributed by atoms with E-state index in [1.54, 1.807) is 48.6 Å². The Labute approximate surface area is 219 Å². The summed E-state index contributed by atoms with van der Waals surface area (Å²) in [5, 5.41) is 15.1. The van der Waals surface area contributed by atoms with E-state index < -0.39 is 16.0 Å². The van der Waals surface area contributed by atoms with Crippen molar-refractivity contribution in [2.45, 2.75) is 43.7 Å². The van der Waals surface area contributed by atoms with E-state index in [0.717, 1.165) is 52.9 Å². The van der Waals surface area contributed by atoms with Crippen LogP contribution in [0.1, 0.15) is 44.7 Å². The average Bonchev–Trinajstić information content (AvgIpc) is 3.62. The molecule has 9 nitrogen and oxygen atoms in total. The highest BCUT2D eigenvalue weighted by Crippen LogP contribution is 2.40. The molecule has 0 radical (unpaired) electrons. The monoisotopic (exact) mass is 538 g/mol. The summed E-state index contributed by atoms with van der Waals surface area (Å²) >= 11 is 1.09. The molecule has 11 heteroatoms. The van der Waals surface area contributed by atoms with Gasteiger partial charge in [0.25, 0.3) is 10.0 Å². The first-order valence-corrected chi connectivity index (χ1v) is 14.1. The number of fused-ring (bicyclic) bond motifs is 1. The maximum absolute atomic E-state index is 13.9. The molecule has 1 aliphatic carbocycles. The van der Waals surface area contributed by atoms with Crippen molar-refractivity contribution < 1.29 is 23.1 Å². The number of carboxylic acids is 1. The highest BCUT2D eigenvalue weighted by molar-refractivity contribution is 7.94. The van der Waals surface area contributed by atoms with Crippen LogP contribution < -0.4 is 9.04 Å². The first-order valence-electron chi connectivity index (χ1n) is 11.7. The van der Waals surface area contributed by atoms with Gasteiger partial charge in [-0.15, -0.1) is 11.3 Å². The van der Waals surface area contributed by atoms with Crippen LogP contribution in [0, 0.1) is 6.92 Å². The van der Waals surface area contributed by atoms with Crippen LogP contribution in [0.25, 0.3) is 0 Å². The number of carboxylic acid groups (broad SMARTS) is 1. The van der Waals surface area contributed by atoms with Crippen LogP contribution in [0.5, 0.6) is 5.75 Å². The Hall–Kier alpha value is -3.70. The van der Waals surface area contributed by atoms with Crippen molar-refractivity contribution in [3.8, 4) is 5.75 Å². The van der Waals surface area contributed by atoms with Crippen molar-refractivity contribution in [1.82, 2.24) is 14.8 Å². The molecule has 0 fully saturated rings. The Morgan fingerprint density at radius 1 is 1.16 bits per heavy atom. The largest absolute Gasteiger partial charge is 0.487 e. The third-order valence-electron chi connectivity index (χ3n) is 6.23. The zero-order valence-electron chi connectivity index (χ0n) is 20.4. The maximum atomic E-state index is 13.9. The third-order valence-corrected chi connectivity index (χ3v) is 9.34. The van der Waals surface area contributed by atoms with Crippen molar-refractivity contribution in [3.05, 3.63) is 87.7 Å². The quantitative estimate of drug-likeness (QED) is 0.337. The lowest BCUT2D eigenvalue weighted by molar-refractivity contribution is 0.0697. The topological polar surface area (TPSA) is 115 Å². The fourth-order valence-electron chi connectivity index (χ4n) is 4.37. The molecule has 0 spiro atoms. The van der Waals surface area contributed by atoms with E-state index in [9.17, 15) is 13.2 Å². The van der Waals surface area contributed by atoms with Gasteiger partial charge >= 0.3 is 5.97 Å². The number of rotatable bonds is 9. The predicted molar refractivity (Wildman–Crippen MR) is 140 cm³/mol. The number of thiazole rings is 1. The highest BCUT2D eigenvalue weighted by Gasteiger charge is 2.32. The number of sulfonamides is 1. The second-order valence-corrected chi connectivity index (χ2v) is 11.9. The van der Waals surface area contributed by atoms with E-state index in [2.05, 4.69) is 10.1 Å². The minimum atomic E-state index is -4.00. The zero-order valence-corrected chi connectivity index (χ0v) is 22.1. The maximum Gasteiger partial charge on any atom is 0.335 e. The standard InChI is InChI=1S/C26H26N4O5S2/c1-17-16-36-26(28-17)37(33,34)30(14-19-12-27-29(2)13-19)23-10-21-4-3-5-22(21)11-24(23)35-15-18-6-8-20(9-7-18)25(31)32/h6-13,16H,3-5,14-15H2,1-2H3,(H,31,32). The van der Waals surface area contributed by atoms with E-state index in [0.29, 0.717) is 17.1 Å². The molecule has 0 amide bonds. The molecule has 2 aromatic carbocycles. The van der Waals surface area contributed by atoms with E-state index in [-0.39, 0.29) is 23.1 Å². The van der Waals surface area contributed by atoms with Crippen LogP contribution in [-0.2, 0) is 43.1 Å². The van der Waals surface area contributed by atoms with Gasteiger partial charge in [0.15, 0.2) is 0 Å². The number of hydrogen-bond acceptors (Lipinski definition) is 7. The molecule has 0 bridgehead atoms. The molecule has 1 N–H and O–H groups in total. The summed E-state index contributed by atoms with van der Waals surface area (Å²) in [7, 11) is -2.22. The summed E-state index contributed by atoms with van der Waals surface area (Å²) in [5.74, 6) is -0.550. The van der Waals surface area contributed by atoms with Crippen molar-refractivity contribution in [2.24, 2.45) is 7.05 Å². The third kappa shape index (κ3) is 5.23. The molecule has 0 aliphatic heterocycles. The van der Waals surface area contributed by atoms with E-state index in [4.69, 9.17) is 9.84 Å². The van der Waals surface area contributed by atoms with Gasteiger partial charge in [-0.1, -0.05) is 12.1 Å². The molecule has 1 aliphatic rings. The van der Waals surface area contributed by atoms with Gasteiger partial charge in [-0.05, 0) is 67.1 Å². The van der Waals surface area contributed by atoms with Crippen LogP contribution in [0.4, 0.5) is 5.69 Å². The summed E-state index contributed by atoms with van der Waals surface area (Å²) < 4.78 is 37.1. The van der Waals surface area contributed by atoms with Crippen LogP contribution >= 0.6 is 11.3 Å². The van der Waals surface area contributed by atoms with Crippen LogP contribution in [0.15, 0.2) is 58.5 Å². The van der Waals surface area contributed by atoms with Gasteiger partial charge in [-0.3, -0.25) is 8.99 Å². The smallest absolute Gasteiger partial charge is 0.335 e. The summed E-state index contributed by atoms with van der Waals surface area (Å²) in [5.41, 5.74) is 5.02. The van der Waals surface area contributed by atoms with Gasteiger partial charge in [-0.25, -0.2) is 9.78 Å². The highest BCUT2D eigenvalue weighted by atomic mass is 32.2. The molecule has 5 rings (SSSR count). The molecular formula is C26H26N4O5S2. The number of anilines is 1. The zero-order chi connectivity index (χ0) is 26.2. The predicted octanol–water partition coefficient (Wildman–Crippen LogP) is 4.35. The van der Waals surface area contributed by atoms with Crippen molar-refractivity contribution in [3.63, 3.8) is 0 Å². The number of ether oxygens (including phenoxy) is 1. The molecule has 2 heterocycles. The van der Waals surface area contributed by atoms with Gasteiger partial charge in [0.05, 0.1) is 24.0 Å². The summed E-state index contributed by atoms with van der Waals surface area (Å²) in [6.07, 6.45) is 6.20. The number of benzene rings is 2. The van der Waals surface area contributed by atoms with E-state index >= 15 is 0 Å². The van der Waals surface area contributed by atoms with Crippen LogP contribution in [0.3, 0.4) is 0 Å². The Kier molecular flexibility index (Phi) is 6.74. The molecule has 192 valence electrons. The Bertz CT molecular complexity index is 1560. The number of aryl methyl sites for hydroxylation is 4. The van der Waals surface area contributed by atoms with E-state index in [1.165, 1.54) is 16.4 Å². The molecule has 4 aromatic rings. The molecule has 0 saturated heterocycles. The molecule has 2 aromatic heterocycles. The number of aromatic carboxylic acids is 1. The average molecular weight is 539 g/mol. The Morgan fingerprint density at radius 2 is 1.89 bits per heavy atom. The van der Waals surface area contributed by atoms with Crippen LogP contribution in [-0.4, -0.2) is 34.3 Å². The minimum Gasteiger partial charge on any atom is -0.487 e. The molecule has 0 saturated carbocycles. The number of hydrogen-bond donors (Lipinski definition) is 1. The SMILES string of the molecule is Cc1csc(S(=O)(=O)N(Cc2cnn(C)c2)c2cc3c(cc2OCc2ccc(C(=O)O)cc2)CCC3)n1. The van der Waals surface area contributed by atoms with Gasteiger partial charge in [0.2, 0.25) is 4.34 Å². The summed E-state index contributed by atoms with van der Waals surface area (Å²) in [6, 6.07) is 10.3. The van der Waals surface area contributed by atoms with Gasteiger partial charge in [0.1, 0.15) is 12.4 Å². The first kappa shape index (κ1) is 25.0. The molecule has 37 heavy (non-hydrogen) atoms. The molecular weight excluding hydrogens is 512 g/mol. The normalized spacial score (nSPS) is 12.9. The number of aromatic nitrogens is 3. The lowest BCUT2D eigenvalue weighted by Gasteiger charge is -2.26. The van der Waals surface area contributed by atoms with Crippen molar-refractivity contribution in [1.29, 1.82) is 0 Å². The fourth-order valence-corrected chi connectivity index (χ4v) is 6.96. The summed E-state index contributed by atoms with van der Waals surface area (Å²) in [6.45, 7) is 1.99. The van der Waals surface area contributed by atoms with E-state index in [1.807, 2.05) is 12.1 Å². The fraction of sp³-hybridized carbons (Fsp3) is 0.269. The van der Waals surface area contributed by atoms with Gasteiger partial charge < -0.3 is 9.84 Å². The molecule has 0 atom stereocenters. The first-order chi connectivity index (χ1) is 17.7. The number of nitrogens with zero attached hydrogens (tertiary/aromatic N) is 4. The lowest BCUT2D eigenvalue weighted by Crippen LogP contribution is -2.31. The Balaban J connectivity index is 1.56. The summed E-state index contributed by atoms with van der Waals surface area (Å²) in [4.78, 5) is 15.5. The van der Waals surface area contributed by atoms with Gasteiger partial charge in [-0.2, -0.15) is 13.5 Å². The van der Waals surface area contributed by atoms with Gasteiger partial charge in [0, 0.05) is 29.9 Å². The lowest BCUT2D eigenvalue weighted by atomic mass is 10.1. The van der Waals surface area contributed by atoms with Crippen molar-refractivity contribution in [2.75, 3.05) is 4.31 Å². The Morgan fingerprint density at radius 3 is 2.51 bits per heavy atom.